The lowest BCUT2D eigenvalue weighted by molar-refractivity contribution is 0.585. The summed E-state index contributed by atoms with van der Waals surface area (Å²) in [6.45, 7) is 3.26. The first-order valence-electron chi connectivity index (χ1n) is 9.47. The number of benzene rings is 2. The highest BCUT2D eigenvalue weighted by atomic mass is 35.5. The molecule has 0 amide bonds. The zero-order chi connectivity index (χ0) is 23.0. The Kier molecular flexibility index (Phi) is 5.98. The molecule has 0 aliphatic rings. The maximum Gasteiger partial charge on any atom is 0.266 e. The Morgan fingerprint density at radius 1 is 1.00 bits per heavy atom. The normalized spacial score (nSPS) is 11.7. The van der Waals surface area contributed by atoms with Crippen LogP contribution in [0.5, 0.6) is 0 Å². The van der Waals surface area contributed by atoms with Gasteiger partial charge in [-0.05, 0) is 38.1 Å². The predicted molar refractivity (Wildman–Crippen MR) is 122 cm³/mol. The molecule has 2 aromatic heterocycles. The highest BCUT2D eigenvalue weighted by Gasteiger charge is 2.27. The van der Waals surface area contributed by atoms with Crippen LogP contribution in [0.25, 0.3) is 5.69 Å². The maximum atomic E-state index is 14.1. The van der Waals surface area contributed by atoms with Crippen molar-refractivity contribution in [3.05, 3.63) is 87.5 Å². The molecule has 0 saturated heterocycles. The van der Waals surface area contributed by atoms with Gasteiger partial charge in [0.25, 0.3) is 10.0 Å². The highest BCUT2D eigenvalue weighted by molar-refractivity contribution is 7.92. The molecular weight excluding hydrogens is 476 g/mol. The van der Waals surface area contributed by atoms with Gasteiger partial charge in [-0.1, -0.05) is 47.5 Å². The molecule has 2 heterocycles. The molecule has 4 rings (SSSR count). The van der Waals surface area contributed by atoms with Crippen molar-refractivity contribution < 1.29 is 12.8 Å². The minimum absolute atomic E-state index is 0.0169. The summed E-state index contributed by atoms with van der Waals surface area (Å²) < 4.78 is 45.7. The summed E-state index contributed by atoms with van der Waals surface area (Å²) in [6, 6.07) is 13.5. The first-order valence-corrected chi connectivity index (χ1v) is 11.7. The number of nitrogens with zero attached hydrogens (tertiary/aromatic N) is 4. The molecule has 166 valence electrons. The van der Waals surface area contributed by atoms with Crippen molar-refractivity contribution in [1.82, 2.24) is 19.6 Å². The van der Waals surface area contributed by atoms with Gasteiger partial charge in [-0.2, -0.15) is 10.2 Å². The van der Waals surface area contributed by atoms with Crippen LogP contribution in [0.2, 0.25) is 10.0 Å². The number of hydrogen-bond donors (Lipinski definition) is 1. The molecule has 0 atom stereocenters. The molecule has 0 aliphatic heterocycles. The standard InChI is InChI=1S/C21H18Cl2FN5O2S/c1-13-20(14(2)29(25-13)15-7-4-3-5-8-15)32(30,31)27-21-18(23)12-28(26-21)11-16-17(22)9-6-10-19(16)24/h3-10,12H,11H2,1-2H3,(H,26,27). The number of nitrogens with one attached hydrogen (secondary N) is 1. The molecule has 0 aliphatic carbocycles. The molecule has 0 spiro atoms. The number of sulfonamides is 1. The largest absolute Gasteiger partial charge is 0.266 e. The zero-order valence-electron chi connectivity index (χ0n) is 17.1. The number of rotatable bonds is 6. The molecule has 7 nitrogen and oxygen atoms in total. The van der Waals surface area contributed by atoms with Crippen molar-refractivity contribution in [3.8, 4) is 5.69 Å². The van der Waals surface area contributed by atoms with E-state index in [2.05, 4.69) is 14.9 Å². The van der Waals surface area contributed by atoms with Gasteiger partial charge in [0, 0.05) is 16.8 Å². The SMILES string of the molecule is Cc1nn(-c2ccccc2)c(C)c1S(=O)(=O)Nc1nn(Cc2c(F)cccc2Cl)cc1Cl. The fourth-order valence-electron chi connectivity index (χ4n) is 3.41. The summed E-state index contributed by atoms with van der Waals surface area (Å²) in [6.07, 6.45) is 1.40. The van der Waals surface area contributed by atoms with Gasteiger partial charge in [-0.25, -0.2) is 17.5 Å². The number of aryl methyl sites for hydroxylation is 1. The van der Waals surface area contributed by atoms with E-state index in [9.17, 15) is 12.8 Å². The van der Waals surface area contributed by atoms with Crippen LogP contribution in [0.15, 0.2) is 59.6 Å². The Bertz CT molecular complexity index is 1380. The van der Waals surface area contributed by atoms with Crippen LogP contribution in [-0.2, 0) is 16.6 Å². The summed E-state index contributed by atoms with van der Waals surface area (Å²) >= 11 is 12.3. The molecule has 32 heavy (non-hydrogen) atoms. The van der Waals surface area contributed by atoms with Gasteiger partial charge < -0.3 is 0 Å². The van der Waals surface area contributed by atoms with Gasteiger partial charge in [-0.3, -0.25) is 9.40 Å². The van der Waals surface area contributed by atoms with Gasteiger partial charge in [0.05, 0.1) is 23.6 Å². The van der Waals surface area contributed by atoms with E-state index in [4.69, 9.17) is 23.2 Å². The number of aromatic nitrogens is 4. The molecule has 0 radical (unpaired) electrons. The maximum absolute atomic E-state index is 14.1. The van der Waals surface area contributed by atoms with Crippen molar-refractivity contribution in [2.24, 2.45) is 0 Å². The number of anilines is 1. The van der Waals surface area contributed by atoms with Crippen molar-refractivity contribution >= 4 is 39.0 Å². The van der Waals surface area contributed by atoms with Crippen LogP contribution in [0.4, 0.5) is 10.2 Å². The number of hydrogen-bond acceptors (Lipinski definition) is 4. The van der Waals surface area contributed by atoms with Gasteiger partial charge in [0.2, 0.25) is 0 Å². The molecule has 0 fully saturated rings. The molecule has 1 N–H and O–H groups in total. The number of halogens is 3. The fraction of sp³-hybridized carbons (Fsp3) is 0.143. The lowest BCUT2D eigenvalue weighted by Crippen LogP contribution is -2.16. The molecule has 0 unspecified atom stereocenters. The molecule has 4 aromatic rings. The van der Waals surface area contributed by atoms with E-state index in [1.807, 2.05) is 30.3 Å². The summed E-state index contributed by atoms with van der Waals surface area (Å²) in [5, 5.41) is 8.83. The van der Waals surface area contributed by atoms with Gasteiger partial charge in [0.15, 0.2) is 5.82 Å². The van der Waals surface area contributed by atoms with Crippen molar-refractivity contribution in [2.75, 3.05) is 4.72 Å². The summed E-state index contributed by atoms with van der Waals surface area (Å²) in [5.74, 6) is -0.573. The Balaban J connectivity index is 1.65. The number of para-hydroxylation sites is 1. The summed E-state index contributed by atoms with van der Waals surface area (Å²) in [4.78, 5) is 0.0316. The Morgan fingerprint density at radius 2 is 1.72 bits per heavy atom. The van der Waals surface area contributed by atoms with E-state index in [-0.39, 0.29) is 32.9 Å². The first-order chi connectivity index (χ1) is 15.2. The van der Waals surface area contributed by atoms with Gasteiger partial charge >= 0.3 is 0 Å². The Labute approximate surface area is 194 Å². The van der Waals surface area contributed by atoms with E-state index >= 15 is 0 Å². The van der Waals surface area contributed by atoms with Crippen LogP contribution in [-0.4, -0.2) is 28.0 Å². The van der Waals surface area contributed by atoms with Crippen LogP contribution in [0.3, 0.4) is 0 Å². The third-order valence-corrected chi connectivity index (χ3v) is 7.05. The molecule has 0 saturated carbocycles. The Hall–Kier alpha value is -2.88. The van der Waals surface area contributed by atoms with Gasteiger partial charge in [-0.15, -0.1) is 0 Å². The molecular formula is C21H18Cl2FN5O2S. The van der Waals surface area contributed by atoms with Crippen LogP contribution in [0, 0.1) is 19.7 Å². The van der Waals surface area contributed by atoms with Crippen molar-refractivity contribution in [1.29, 1.82) is 0 Å². The zero-order valence-corrected chi connectivity index (χ0v) is 19.4. The lowest BCUT2D eigenvalue weighted by Gasteiger charge is -2.08. The summed E-state index contributed by atoms with van der Waals surface area (Å²) in [7, 11) is -4.05. The average Bonchev–Trinajstić information content (AvgIpc) is 3.23. The molecule has 11 heteroatoms. The topological polar surface area (TPSA) is 81.8 Å². The minimum Gasteiger partial charge on any atom is -0.264 e. The van der Waals surface area contributed by atoms with Crippen LogP contribution in [0.1, 0.15) is 17.0 Å². The lowest BCUT2D eigenvalue weighted by atomic mass is 10.2. The van der Waals surface area contributed by atoms with Gasteiger partial charge in [0.1, 0.15) is 15.7 Å². The van der Waals surface area contributed by atoms with Crippen molar-refractivity contribution in [3.63, 3.8) is 0 Å². The second kappa shape index (κ2) is 8.57. The van der Waals surface area contributed by atoms with Crippen molar-refractivity contribution in [2.45, 2.75) is 25.3 Å². The van der Waals surface area contributed by atoms with Crippen LogP contribution >= 0.6 is 23.2 Å². The quantitative estimate of drug-likeness (QED) is 0.410. The average molecular weight is 494 g/mol. The van der Waals surface area contributed by atoms with E-state index in [1.165, 1.54) is 23.0 Å². The second-order valence-electron chi connectivity index (χ2n) is 7.08. The van der Waals surface area contributed by atoms with E-state index in [0.29, 0.717) is 11.4 Å². The first kappa shape index (κ1) is 22.3. The van der Waals surface area contributed by atoms with E-state index in [1.54, 1.807) is 24.6 Å². The summed E-state index contributed by atoms with van der Waals surface area (Å²) in [5.41, 5.74) is 1.72. The molecule has 0 bridgehead atoms. The third kappa shape index (κ3) is 4.23. The minimum atomic E-state index is -4.05. The van der Waals surface area contributed by atoms with E-state index < -0.39 is 15.8 Å². The monoisotopic (exact) mass is 493 g/mol. The predicted octanol–water partition coefficient (Wildman–Crippen LogP) is 4.98. The smallest absolute Gasteiger partial charge is 0.264 e. The van der Waals surface area contributed by atoms with E-state index in [0.717, 1.165) is 5.69 Å². The highest BCUT2D eigenvalue weighted by Crippen LogP contribution is 2.28. The third-order valence-electron chi connectivity index (χ3n) is 4.82. The second-order valence-corrected chi connectivity index (χ2v) is 9.51. The van der Waals surface area contributed by atoms with Crippen LogP contribution < -0.4 is 4.72 Å². The Morgan fingerprint density at radius 3 is 2.41 bits per heavy atom. The fourth-order valence-corrected chi connectivity index (χ4v) is 5.30. The molecule has 2 aromatic carbocycles.